The van der Waals surface area contributed by atoms with Crippen molar-refractivity contribution in [2.75, 3.05) is 24.3 Å². The van der Waals surface area contributed by atoms with Crippen LogP contribution in [-0.4, -0.2) is 19.6 Å². The summed E-state index contributed by atoms with van der Waals surface area (Å²) in [6.45, 7) is 0.0122. The van der Waals surface area contributed by atoms with Gasteiger partial charge in [0, 0.05) is 17.4 Å². The molecule has 2 N–H and O–H groups in total. The van der Waals surface area contributed by atoms with E-state index in [0.29, 0.717) is 17.1 Å². The number of hydrogen-bond donors (Lipinski definition) is 2. The van der Waals surface area contributed by atoms with Crippen LogP contribution in [-0.2, 0) is 4.79 Å². The van der Waals surface area contributed by atoms with E-state index in [-0.39, 0.29) is 17.5 Å². The average Bonchev–Trinajstić information content (AvgIpc) is 2.48. The van der Waals surface area contributed by atoms with Crippen molar-refractivity contribution in [1.29, 1.82) is 0 Å². The summed E-state index contributed by atoms with van der Waals surface area (Å²) in [5.41, 5.74) is 1.11. The van der Waals surface area contributed by atoms with Crippen molar-refractivity contribution in [3.05, 3.63) is 53.3 Å². The van der Waals surface area contributed by atoms with E-state index >= 15 is 0 Å². The van der Waals surface area contributed by atoms with Crippen molar-refractivity contribution in [1.82, 2.24) is 0 Å². The van der Waals surface area contributed by atoms with Gasteiger partial charge in [0.2, 0.25) is 5.91 Å². The Labute approximate surface area is 126 Å². The molecule has 0 spiro atoms. The van der Waals surface area contributed by atoms with Gasteiger partial charge in [-0.3, -0.25) is 4.79 Å². The Hall–Kier alpha value is -2.27. The Bertz CT molecular complexity index is 649. The minimum absolute atomic E-state index is 0.0122. The fraction of sp³-hybridized carbons (Fsp3) is 0.133. The van der Waals surface area contributed by atoms with Gasteiger partial charge in [-0.1, -0.05) is 17.7 Å². The first kappa shape index (κ1) is 15.1. The molecule has 0 atom stereocenters. The van der Waals surface area contributed by atoms with Gasteiger partial charge in [-0.2, -0.15) is 0 Å². The molecule has 0 fully saturated rings. The highest BCUT2D eigenvalue weighted by Gasteiger charge is 2.05. The number of hydrogen-bond acceptors (Lipinski definition) is 3. The third kappa shape index (κ3) is 4.36. The molecule has 2 aromatic carbocycles. The third-order valence-corrected chi connectivity index (χ3v) is 3.03. The fourth-order valence-electron chi connectivity index (χ4n) is 1.69. The summed E-state index contributed by atoms with van der Waals surface area (Å²) < 4.78 is 18.3. The molecular formula is C15H14ClFN2O2. The van der Waals surface area contributed by atoms with E-state index in [9.17, 15) is 9.18 Å². The van der Waals surface area contributed by atoms with Crippen LogP contribution < -0.4 is 15.4 Å². The minimum Gasteiger partial charge on any atom is -0.497 e. The molecule has 0 aliphatic rings. The minimum atomic E-state index is -0.533. The van der Waals surface area contributed by atoms with E-state index in [2.05, 4.69) is 10.6 Å². The number of halogens is 2. The van der Waals surface area contributed by atoms with Crippen molar-refractivity contribution in [3.8, 4) is 5.75 Å². The van der Waals surface area contributed by atoms with Gasteiger partial charge in [-0.15, -0.1) is 0 Å². The van der Waals surface area contributed by atoms with Crippen LogP contribution in [0.1, 0.15) is 0 Å². The van der Waals surface area contributed by atoms with Crippen molar-refractivity contribution in [3.63, 3.8) is 0 Å². The third-order valence-electron chi connectivity index (χ3n) is 2.73. The van der Waals surface area contributed by atoms with Crippen LogP contribution in [0.3, 0.4) is 0 Å². The predicted octanol–water partition coefficient (Wildman–Crippen LogP) is 3.54. The number of nitrogens with one attached hydrogen (secondary N) is 2. The summed E-state index contributed by atoms with van der Waals surface area (Å²) in [7, 11) is 1.55. The van der Waals surface area contributed by atoms with Gasteiger partial charge in [-0.05, 0) is 30.3 Å². The summed E-state index contributed by atoms with van der Waals surface area (Å²) in [5, 5.41) is 5.57. The van der Waals surface area contributed by atoms with Gasteiger partial charge in [-0.25, -0.2) is 4.39 Å². The highest BCUT2D eigenvalue weighted by molar-refractivity contribution is 6.30. The van der Waals surface area contributed by atoms with Gasteiger partial charge in [0.25, 0.3) is 0 Å². The first-order chi connectivity index (χ1) is 10.1. The molecule has 0 unspecified atom stereocenters. The fourth-order valence-corrected chi connectivity index (χ4v) is 1.81. The average molecular weight is 309 g/mol. The molecule has 0 aromatic heterocycles. The molecule has 0 saturated heterocycles. The zero-order valence-corrected chi connectivity index (χ0v) is 12.1. The van der Waals surface area contributed by atoms with Crippen LogP contribution >= 0.6 is 11.6 Å². The second-order valence-electron chi connectivity index (χ2n) is 4.26. The largest absolute Gasteiger partial charge is 0.497 e. The molecule has 2 aromatic rings. The van der Waals surface area contributed by atoms with Gasteiger partial charge in [0.1, 0.15) is 11.6 Å². The first-order valence-corrected chi connectivity index (χ1v) is 6.59. The topological polar surface area (TPSA) is 50.4 Å². The summed E-state index contributed by atoms with van der Waals surface area (Å²) in [4.78, 5) is 11.8. The standard InChI is InChI=1S/C15H14ClFN2O2/c1-21-12-4-2-3-11(7-12)19-15(20)9-18-10-5-6-13(16)14(17)8-10/h2-8,18H,9H2,1H3,(H,19,20). The number of ether oxygens (including phenoxy) is 1. The predicted molar refractivity (Wildman–Crippen MR) is 81.5 cm³/mol. The summed E-state index contributed by atoms with van der Waals surface area (Å²) >= 11 is 5.59. The maximum Gasteiger partial charge on any atom is 0.243 e. The van der Waals surface area contributed by atoms with E-state index in [0.717, 1.165) is 0 Å². The molecule has 0 saturated carbocycles. The second-order valence-corrected chi connectivity index (χ2v) is 4.67. The molecule has 110 valence electrons. The summed E-state index contributed by atoms with van der Waals surface area (Å²) in [6, 6.07) is 11.3. The van der Waals surface area contributed by atoms with E-state index in [4.69, 9.17) is 16.3 Å². The molecular weight excluding hydrogens is 295 g/mol. The number of anilines is 2. The van der Waals surface area contributed by atoms with Crippen molar-refractivity contribution in [2.24, 2.45) is 0 Å². The van der Waals surface area contributed by atoms with Crippen LogP contribution in [0.25, 0.3) is 0 Å². The molecule has 6 heteroatoms. The van der Waals surface area contributed by atoms with Gasteiger partial charge < -0.3 is 15.4 Å². The smallest absolute Gasteiger partial charge is 0.243 e. The summed E-state index contributed by atoms with van der Waals surface area (Å²) in [5.74, 6) is -0.131. The number of benzene rings is 2. The zero-order chi connectivity index (χ0) is 15.2. The highest BCUT2D eigenvalue weighted by Crippen LogP contribution is 2.19. The van der Waals surface area contributed by atoms with E-state index in [1.807, 2.05) is 0 Å². The Morgan fingerprint density at radius 3 is 2.76 bits per heavy atom. The Balaban J connectivity index is 1.90. The normalized spacial score (nSPS) is 10.0. The maximum absolute atomic E-state index is 13.2. The van der Waals surface area contributed by atoms with Crippen molar-refractivity contribution in [2.45, 2.75) is 0 Å². The number of rotatable bonds is 5. The van der Waals surface area contributed by atoms with Crippen LogP contribution in [0.2, 0.25) is 5.02 Å². The van der Waals surface area contributed by atoms with Crippen molar-refractivity contribution < 1.29 is 13.9 Å². The lowest BCUT2D eigenvalue weighted by Crippen LogP contribution is -2.21. The molecule has 1 amide bonds. The van der Waals surface area contributed by atoms with Crippen molar-refractivity contribution >= 4 is 28.9 Å². The Kier molecular flexibility index (Phi) is 5.00. The SMILES string of the molecule is COc1cccc(NC(=O)CNc2ccc(Cl)c(F)c2)c1. The van der Waals surface area contributed by atoms with Gasteiger partial charge in [0.05, 0.1) is 18.7 Å². The molecule has 21 heavy (non-hydrogen) atoms. The lowest BCUT2D eigenvalue weighted by atomic mass is 10.3. The monoisotopic (exact) mass is 308 g/mol. The molecule has 0 heterocycles. The van der Waals surface area contributed by atoms with E-state index in [1.54, 1.807) is 37.4 Å². The lowest BCUT2D eigenvalue weighted by molar-refractivity contribution is -0.114. The van der Waals surface area contributed by atoms with Gasteiger partial charge >= 0.3 is 0 Å². The highest BCUT2D eigenvalue weighted by atomic mass is 35.5. The quantitative estimate of drug-likeness (QED) is 0.888. The lowest BCUT2D eigenvalue weighted by Gasteiger charge is -2.09. The van der Waals surface area contributed by atoms with E-state index in [1.165, 1.54) is 12.1 Å². The molecule has 2 rings (SSSR count). The Morgan fingerprint density at radius 1 is 1.24 bits per heavy atom. The molecule has 0 bridgehead atoms. The number of amides is 1. The number of carbonyl (C=O) groups is 1. The number of methoxy groups -OCH3 is 1. The van der Waals surface area contributed by atoms with Crippen LogP contribution in [0.4, 0.5) is 15.8 Å². The van der Waals surface area contributed by atoms with Crippen LogP contribution in [0.5, 0.6) is 5.75 Å². The molecule has 0 aliphatic heterocycles. The van der Waals surface area contributed by atoms with Crippen LogP contribution in [0, 0.1) is 5.82 Å². The van der Waals surface area contributed by atoms with E-state index < -0.39 is 5.82 Å². The van der Waals surface area contributed by atoms with Gasteiger partial charge in [0.15, 0.2) is 0 Å². The molecule has 0 radical (unpaired) electrons. The summed E-state index contributed by atoms with van der Waals surface area (Å²) in [6.07, 6.45) is 0. The molecule has 0 aliphatic carbocycles. The van der Waals surface area contributed by atoms with Crippen LogP contribution in [0.15, 0.2) is 42.5 Å². The Morgan fingerprint density at radius 2 is 2.05 bits per heavy atom. The zero-order valence-electron chi connectivity index (χ0n) is 11.3. The second kappa shape index (κ2) is 6.95. The number of carbonyl (C=O) groups excluding carboxylic acids is 1. The molecule has 4 nitrogen and oxygen atoms in total. The first-order valence-electron chi connectivity index (χ1n) is 6.21. The maximum atomic E-state index is 13.2.